The molecule has 0 amide bonds. The quantitative estimate of drug-likeness (QED) is 0.102. The van der Waals surface area contributed by atoms with Gasteiger partial charge in [0.2, 0.25) is 0 Å². The topological polar surface area (TPSA) is 56.8 Å². The number of nitrogens with one attached hydrogen (secondary N) is 1. The first-order valence-electron chi connectivity index (χ1n) is 15.4. The van der Waals surface area contributed by atoms with Gasteiger partial charge in [-0.05, 0) is 32.1 Å². The van der Waals surface area contributed by atoms with Crippen LogP contribution in [0, 0.1) is 5.92 Å². The monoisotopic (exact) mass is 545 g/mol. The SMILES string of the molecule is CCCCCCCCCCCCCCCCCCC1CCO[Si](CCCSC(C)=O)(OCC)ONC1. The molecule has 0 saturated carbocycles. The Balaban J connectivity index is 1.98. The summed E-state index contributed by atoms with van der Waals surface area (Å²) < 4.78 is 18.2. The van der Waals surface area contributed by atoms with E-state index in [1.54, 1.807) is 6.92 Å². The molecule has 0 radical (unpaired) electrons. The number of hydrogen-bond acceptors (Lipinski definition) is 6. The summed E-state index contributed by atoms with van der Waals surface area (Å²) in [6.45, 7) is 8.09. The Morgan fingerprint density at radius 2 is 1.42 bits per heavy atom. The molecule has 1 aliphatic rings. The third-order valence-corrected chi connectivity index (χ3v) is 10.9. The lowest BCUT2D eigenvalue weighted by molar-refractivity contribution is -0.109. The van der Waals surface area contributed by atoms with Crippen molar-refractivity contribution >= 4 is 25.7 Å². The second-order valence-electron chi connectivity index (χ2n) is 10.6. The van der Waals surface area contributed by atoms with E-state index in [4.69, 9.17) is 13.4 Å². The molecular formula is C29H59NO4SSi. The molecule has 0 aliphatic carbocycles. The molecule has 0 bridgehead atoms. The Hall–Kier alpha value is 0.0769. The highest BCUT2D eigenvalue weighted by molar-refractivity contribution is 8.13. The summed E-state index contributed by atoms with van der Waals surface area (Å²) in [5.41, 5.74) is 3.21. The predicted octanol–water partition coefficient (Wildman–Crippen LogP) is 8.84. The van der Waals surface area contributed by atoms with E-state index in [0.717, 1.165) is 37.8 Å². The third kappa shape index (κ3) is 19.2. The maximum Gasteiger partial charge on any atom is 0.517 e. The molecule has 1 aliphatic heterocycles. The average Bonchev–Trinajstić information content (AvgIpc) is 2.84. The van der Waals surface area contributed by atoms with E-state index in [-0.39, 0.29) is 5.12 Å². The first kappa shape index (κ1) is 34.1. The third-order valence-electron chi connectivity index (χ3n) is 7.21. The van der Waals surface area contributed by atoms with Crippen LogP contribution in [-0.4, -0.2) is 39.4 Å². The van der Waals surface area contributed by atoms with Gasteiger partial charge in [0.25, 0.3) is 0 Å². The number of carbonyl (C=O) groups is 1. The number of carbonyl (C=O) groups excluding carboxylic acids is 1. The van der Waals surface area contributed by atoms with E-state index in [0.29, 0.717) is 12.5 Å². The lowest BCUT2D eigenvalue weighted by atomic mass is 9.97. The van der Waals surface area contributed by atoms with Crippen molar-refractivity contribution in [3.8, 4) is 0 Å². The maximum atomic E-state index is 11.2. The minimum Gasteiger partial charge on any atom is -0.373 e. The van der Waals surface area contributed by atoms with Crippen molar-refractivity contribution in [1.82, 2.24) is 5.48 Å². The van der Waals surface area contributed by atoms with Gasteiger partial charge in [-0.3, -0.25) is 9.32 Å². The van der Waals surface area contributed by atoms with Crippen molar-refractivity contribution < 1.29 is 18.2 Å². The molecule has 1 fully saturated rings. The summed E-state index contributed by atoms with van der Waals surface area (Å²) in [5.74, 6) is 1.41. The molecule has 5 nitrogen and oxygen atoms in total. The molecule has 1 heterocycles. The van der Waals surface area contributed by atoms with Gasteiger partial charge < -0.3 is 8.85 Å². The van der Waals surface area contributed by atoms with E-state index < -0.39 is 8.80 Å². The van der Waals surface area contributed by atoms with Crippen LogP contribution in [-0.2, 0) is 18.2 Å². The van der Waals surface area contributed by atoms with E-state index >= 15 is 0 Å². The van der Waals surface area contributed by atoms with Gasteiger partial charge in [0.05, 0.1) is 0 Å². The second kappa shape index (κ2) is 24.1. The molecule has 0 aromatic rings. The van der Waals surface area contributed by atoms with Gasteiger partial charge in [0.1, 0.15) is 0 Å². The van der Waals surface area contributed by atoms with Crippen molar-refractivity contribution in [3.63, 3.8) is 0 Å². The average molecular weight is 546 g/mol. The minimum absolute atomic E-state index is 0.164. The normalized spacial score (nSPS) is 20.8. The van der Waals surface area contributed by atoms with Crippen LogP contribution in [0.2, 0.25) is 6.04 Å². The Kier molecular flexibility index (Phi) is 22.9. The standard InChI is InChI=1S/C29H59NO4SSi/c1-4-6-7-8-9-10-11-12-13-14-15-16-17-18-19-20-22-29-23-24-33-36(32-5-2,34-30-27-29)26-21-25-35-28(3)31/h29-30H,4-27H2,1-3H3. The lowest BCUT2D eigenvalue weighted by Crippen LogP contribution is -2.52. The van der Waals surface area contributed by atoms with Gasteiger partial charge in [0, 0.05) is 38.5 Å². The van der Waals surface area contributed by atoms with Crippen LogP contribution in [0.5, 0.6) is 0 Å². The first-order chi connectivity index (χ1) is 17.6. The maximum absolute atomic E-state index is 11.2. The molecular weight excluding hydrogens is 486 g/mol. The molecule has 0 aromatic carbocycles. The summed E-state index contributed by atoms with van der Waals surface area (Å²) in [4.78, 5) is 11.2. The molecule has 0 aromatic heterocycles. The zero-order chi connectivity index (χ0) is 26.2. The van der Waals surface area contributed by atoms with Crippen molar-refractivity contribution in [3.05, 3.63) is 0 Å². The molecule has 2 unspecified atom stereocenters. The highest BCUT2D eigenvalue weighted by atomic mass is 32.2. The number of hydroxylamine groups is 1. The minimum atomic E-state index is -2.68. The molecule has 2 atom stereocenters. The fourth-order valence-corrected chi connectivity index (χ4v) is 8.21. The molecule has 214 valence electrons. The number of rotatable bonds is 23. The number of thioether (sulfide) groups is 1. The van der Waals surface area contributed by atoms with Crippen molar-refractivity contribution in [2.24, 2.45) is 5.92 Å². The molecule has 1 rings (SSSR count). The van der Waals surface area contributed by atoms with Crippen LogP contribution in [0.4, 0.5) is 0 Å². The Morgan fingerprint density at radius 3 is 1.94 bits per heavy atom. The number of unbranched alkanes of at least 4 members (excludes halogenated alkanes) is 15. The van der Waals surface area contributed by atoms with Crippen molar-refractivity contribution in [1.29, 1.82) is 0 Å². The smallest absolute Gasteiger partial charge is 0.373 e. The van der Waals surface area contributed by atoms with E-state index in [2.05, 4.69) is 12.4 Å². The van der Waals surface area contributed by atoms with Gasteiger partial charge in [-0.15, -0.1) is 0 Å². The summed E-state index contributed by atoms with van der Waals surface area (Å²) in [7, 11) is -2.68. The van der Waals surface area contributed by atoms with Crippen molar-refractivity contribution in [2.45, 2.75) is 149 Å². The highest BCUT2D eigenvalue weighted by Gasteiger charge is 2.42. The second-order valence-corrected chi connectivity index (χ2v) is 14.5. The Labute approximate surface area is 229 Å². The molecule has 7 heteroatoms. The van der Waals surface area contributed by atoms with Gasteiger partial charge in [0.15, 0.2) is 5.12 Å². The van der Waals surface area contributed by atoms with Gasteiger partial charge >= 0.3 is 8.80 Å². The summed E-state index contributed by atoms with van der Waals surface area (Å²) in [6.07, 6.45) is 25.8. The zero-order valence-electron chi connectivity index (χ0n) is 24.1. The van der Waals surface area contributed by atoms with Gasteiger partial charge in [-0.25, -0.2) is 5.48 Å². The highest BCUT2D eigenvalue weighted by Crippen LogP contribution is 2.24. The van der Waals surface area contributed by atoms with Crippen LogP contribution in [0.15, 0.2) is 0 Å². The Bertz CT molecular complexity index is 502. The fraction of sp³-hybridized carbons (Fsp3) is 0.966. The summed E-state index contributed by atoms with van der Waals surface area (Å²) in [6, 6.07) is 0.762. The zero-order valence-corrected chi connectivity index (χ0v) is 25.9. The molecule has 0 spiro atoms. The predicted molar refractivity (Wildman–Crippen MR) is 157 cm³/mol. The van der Waals surface area contributed by atoms with Crippen LogP contribution in [0.3, 0.4) is 0 Å². The summed E-state index contributed by atoms with van der Waals surface area (Å²) in [5, 5.41) is 0.164. The van der Waals surface area contributed by atoms with Crippen LogP contribution in [0.1, 0.15) is 143 Å². The van der Waals surface area contributed by atoms with Gasteiger partial charge in [-0.1, -0.05) is 121 Å². The lowest BCUT2D eigenvalue weighted by Gasteiger charge is -2.33. The molecule has 1 saturated heterocycles. The van der Waals surface area contributed by atoms with E-state index in [9.17, 15) is 4.79 Å². The number of hydrogen-bond donors (Lipinski definition) is 1. The van der Waals surface area contributed by atoms with Crippen LogP contribution in [0.25, 0.3) is 0 Å². The molecule has 36 heavy (non-hydrogen) atoms. The first-order valence-corrected chi connectivity index (χ1v) is 18.4. The summed E-state index contributed by atoms with van der Waals surface area (Å²) >= 11 is 1.37. The molecule has 1 N–H and O–H groups in total. The van der Waals surface area contributed by atoms with Crippen molar-refractivity contribution in [2.75, 3.05) is 25.5 Å². The fourth-order valence-electron chi connectivity index (χ4n) is 5.00. The van der Waals surface area contributed by atoms with E-state index in [1.807, 2.05) is 6.92 Å². The van der Waals surface area contributed by atoms with E-state index in [1.165, 1.54) is 121 Å². The Morgan fingerprint density at radius 1 is 0.861 bits per heavy atom. The van der Waals surface area contributed by atoms with Gasteiger partial charge in [-0.2, -0.15) is 0 Å². The van der Waals surface area contributed by atoms with Crippen LogP contribution < -0.4 is 5.48 Å². The van der Waals surface area contributed by atoms with Crippen LogP contribution >= 0.6 is 11.8 Å². The largest absolute Gasteiger partial charge is 0.517 e.